The molecule has 0 saturated carbocycles. The fraction of sp³-hybridized carbons (Fsp3) is 0.947. The zero-order chi connectivity index (χ0) is 30.6. The summed E-state index contributed by atoms with van der Waals surface area (Å²) < 4.78 is 140. The maximum absolute atomic E-state index is 13.6. The topological polar surface area (TPSA) is 66.0 Å². The van der Waals surface area contributed by atoms with Crippen LogP contribution < -0.4 is 5.32 Å². The molecule has 38 heavy (non-hydrogen) atoms. The van der Waals surface area contributed by atoms with Crippen LogP contribution in [0.1, 0.15) is 12.8 Å². The van der Waals surface area contributed by atoms with E-state index in [0.29, 0.717) is 6.04 Å². The summed E-state index contributed by atoms with van der Waals surface area (Å²) in [6.07, 6.45) is -10.3. The highest BCUT2D eigenvalue weighted by Crippen LogP contribution is 2.54. The highest BCUT2D eigenvalue weighted by atomic mass is 28.5. The number of carbonyl (C=O) groups is 1. The molecule has 0 aromatic carbocycles. The highest BCUT2D eigenvalue weighted by Gasteiger charge is 2.81. The molecule has 1 amide bonds. The largest absolute Gasteiger partial charge is 0.469 e. The summed E-state index contributed by atoms with van der Waals surface area (Å²) in [5, 5.41) is 2.19. The lowest BCUT2D eigenvalue weighted by Crippen LogP contribution is -2.61. The summed E-state index contributed by atoms with van der Waals surface area (Å²) in [6.45, 7) is 16.1. The summed E-state index contributed by atoms with van der Waals surface area (Å²) >= 11 is 0. The third-order valence-corrected chi connectivity index (χ3v) is 16.2. The van der Waals surface area contributed by atoms with E-state index < -0.39 is 76.8 Å². The average molecular weight is 644 g/mol. The molecule has 0 aliphatic carbocycles. The lowest BCUT2D eigenvalue weighted by Gasteiger charge is -2.43. The van der Waals surface area contributed by atoms with Gasteiger partial charge in [-0.2, -0.15) is 39.5 Å². The number of rotatable bonds is 15. The maximum atomic E-state index is 13.6. The van der Waals surface area contributed by atoms with Gasteiger partial charge in [-0.15, -0.1) is 0 Å². The Morgan fingerprint density at radius 2 is 1.08 bits per heavy atom. The van der Waals surface area contributed by atoms with E-state index in [0.717, 1.165) is 0 Å². The third kappa shape index (κ3) is 11.9. The number of ether oxygens (including phenoxy) is 1. The number of alkyl carbamates (subject to hydrolysis) is 1. The number of nitrogens with one attached hydrogen (secondary N) is 1. The zero-order valence-corrected chi connectivity index (χ0v) is 27.0. The molecule has 6 nitrogen and oxygen atoms in total. The van der Waals surface area contributed by atoms with Crippen molar-refractivity contribution in [2.45, 2.75) is 102 Å². The smallest absolute Gasteiger partial charge is 0.449 e. The van der Waals surface area contributed by atoms with E-state index in [1.807, 2.05) is 58.9 Å². The Kier molecular flexibility index (Phi) is 12.3. The summed E-state index contributed by atoms with van der Waals surface area (Å²) in [7, 11) is -9.72. The van der Waals surface area contributed by atoms with Crippen LogP contribution in [0.25, 0.3) is 0 Å². The standard InChI is InChI=1S/C19H38F9NO5Si4/c1-35(2,3)32-38(33-36(4,5)6,34-37(7,8)9)14-10-12-29-15(30)31-13-11-16(20,21)17(22,23)18(24,25)19(26,27)28/h10-14H2,1-9H3,(H,29,30). The van der Waals surface area contributed by atoms with Gasteiger partial charge in [0.15, 0.2) is 25.0 Å². The number of carbonyl (C=O) groups excluding carboxylic acids is 1. The van der Waals surface area contributed by atoms with E-state index in [1.54, 1.807) is 0 Å². The molecule has 0 heterocycles. The second-order valence-corrected chi connectivity index (χ2v) is 28.6. The molecular formula is C19H38F9NO5Si4. The predicted octanol–water partition coefficient (Wildman–Crippen LogP) is 7.45. The minimum atomic E-state index is -6.99. The van der Waals surface area contributed by atoms with Crippen molar-refractivity contribution in [3.05, 3.63) is 0 Å². The van der Waals surface area contributed by atoms with Gasteiger partial charge in [0.1, 0.15) is 0 Å². The molecule has 0 spiro atoms. The number of halogens is 9. The van der Waals surface area contributed by atoms with Crippen LogP contribution >= 0.6 is 0 Å². The van der Waals surface area contributed by atoms with Crippen LogP contribution in [-0.2, 0) is 17.1 Å². The van der Waals surface area contributed by atoms with Gasteiger partial charge in [0.05, 0.1) is 13.0 Å². The molecule has 0 atom stereocenters. The summed E-state index contributed by atoms with van der Waals surface area (Å²) in [4.78, 5) is 11.8. The minimum absolute atomic E-state index is 0.0918. The number of amides is 1. The first-order valence-electron chi connectivity index (χ1n) is 11.7. The van der Waals surface area contributed by atoms with Gasteiger partial charge >= 0.3 is 38.8 Å². The van der Waals surface area contributed by atoms with Crippen molar-refractivity contribution in [1.29, 1.82) is 0 Å². The van der Waals surface area contributed by atoms with Gasteiger partial charge in [0, 0.05) is 12.6 Å². The van der Waals surface area contributed by atoms with Crippen molar-refractivity contribution in [2.24, 2.45) is 0 Å². The first kappa shape index (κ1) is 37.4. The quantitative estimate of drug-likeness (QED) is 0.114. The molecule has 0 aliphatic heterocycles. The van der Waals surface area contributed by atoms with Crippen molar-refractivity contribution in [3.63, 3.8) is 0 Å². The van der Waals surface area contributed by atoms with Crippen LogP contribution in [0.3, 0.4) is 0 Å². The number of hydrogen-bond acceptors (Lipinski definition) is 5. The minimum Gasteiger partial charge on any atom is -0.449 e. The Morgan fingerprint density at radius 1 is 0.684 bits per heavy atom. The normalized spacial score (nSPS) is 15.0. The van der Waals surface area contributed by atoms with E-state index in [2.05, 4.69) is 10.1 Å². The van der Waals surface area contributed by atoms with E-state index in [4.69, 9.17) is 12.3 Å². The molecule has 0 unspecified atom stereocenters. The van der Waals surface area contributed by atoms with Gasteiger partial charge in [-0.05, 0) is 65.3 Å². The Balaban J connectivity index is 5.16. The lowest BCUT2D eigenvalue weighted by molar-refractivity contribution is -0.397. The molecule has 228 valence electrons. The van der Waals surface area contributed by atoms with E-state index in [1.165, 1.54) is 0 Å². The molecule has 0 radical (unpaired) electrons. The van der Waals surface area contributed by atoms with Gasteiger partial charge in [-0.3, -0.25) is 0 Å². The number of hydrogen-bond donors (Lipinski definition) is 1. The predicted molar refractivity (Wildman–Crippen MR) is 133 cm³/mol. The summed E-state index contributed by atoms with van der Waals surface area (Å²) in [6, 6.07) is 0.295. The van der Waals surface area contributed by atoms with Gasteiger partial charge in [-0.25, -0.2) is 4.79 Å². The van der Waals surface area contributed by atoms with Gasteiger partial charge in [0.2, 0.25) is 0 Å². The van der Waals surface area contributed by atoms with Crippen molar-refractivity contribution < 1.29 is 61.4 Å². The fourth-order valence-corrected chi connectivity index (χ4v) is 17.7. The zero-order valence-electron chi connectivity index (χ0n) is 23.0. The van der Waals surface area contributed by atoms with Crippen LogP contribution in [0.15, 0.2) is 0 Å². The first-order valence-corrected chi connectivity index (χ1v) is 23.8. The molecule has 0 fully saturated rings. The van der Waals surface area contributed by atoms with Gasteiger partial charge in [-0.1, -0.05) is 0 Å². The Bertz CT molecular complexity index is 742. The molecular weight excluding hydrogens is 606 g/mol. The Hall–Kier alpha value is -0.612. The maximum Gasteiger partial charge on any atom is 0.469 e. The monoisotopic (exact) mass is 643 g/mol. The lowest BCUT2D eigenvalue weighted by atomic mass is 10.0. The van der Waals surface area contributed by atoms with Crippen molar-refractivity contribution in [1.82, 2.24) is 5.32 Å². The molecule has 19 heteroatoms. The number of alkyl halides is 9. The molecule has 0 bridgehead atoms. The Morgan fingerprint density at radius 3 is 1.42 bits per heavy atom. The van der Waals surface area contributed by atoms with Crippen LogP contribution in [0.5, 0.6) is 0 Å². The van der Waals surface area contributed by atoms with Gasteiger partial charge in [0.25, 0.3) is 0 Å². The SMILES string of the molecule is C[Si](C)(C)O[Si](CCCNC(=O)OCCC(F)(F)C(F)(F)C(F)(F)C(F)(F)F)(O[Si](C)(C)C)O[Si](C)(C)C. The average Bonchev–Trinajstić information content (AvgIpc) is 2.59. The molecule has 1 N–H and O–H groups in total. The van der Waals surface area contributed by atoms with Crippen LogP contribution in [0.2, 0.25) is 65.0 Å². The van der Waals surface area contributed by atoms with Crippen molar-refractivity contribution in [2.75, 3.05) is 13.2 Å². The van der Waals surface area contributed by atoms with E-state index >= 15 is 0 Å². The van der Waals surface area contributed by atoms with Crippen molar-refractivity contribution in [3.8, 4) is 0 Å². The Labute approximate surface area is 221 Å². The van der Waals surface area contributed by atoms with E-state index in [-0.39, 0.29) is 13.0 Å². The molecule has 0 aliphatic rings. The molecule has 0 aromatic heterocycles. The molecule has 0 aromatic rings. The molecule has 0 saturated heterocycles. The van der Waals surface area contributed by atoms with Crippen LogP contribution in [0, 0.1) is 0 Å². The third-order valence-electron chi connectivity index (χ3n) is 4.17. The second kappa shape index (κ2) is 12.5. The van der Waals surface area contributed by atoms with Gasteiger partial charge < -0.3 is 22.4 Å². The fourth-order valence-electron chi connectivity index (χ4n) is 3.00. The van der Waals surface area contributed by atoms with E-state index in [9.17, 15) is 44.3 Å². The summed E-state index contributed by atoms with van der Waals surface area (Å²) in [5.41, 5.74) is 0. The second-order valence-electron chi connectivity index (χ2n) is 11.6. The molecule has 0 rings (SSSR count). The highest BCUT2D eigenvalue weighted by molar-refractivity contribution is 6.90. The van der Waals surface area contributed by atoms with Crippen LogP contribution in [-0.4, -0.2) is 76.9 Å². The van der Waals surface area contributed by atoms with Crippen molar-refractivity contribution >= 4 is 39.8 Å². The van der Waals surface area contributed by atoms with Crippen LogP contribution in [0.4, 0.5) is 44.3 Å². The first-order chi connectivity index (χ1) is 16.5. The summed E-state index contributed by atoms with van der Waals surface area (Å²) in [5.74, 6) is -19.6.